The number of benzene rings is 1. The van der Waals surface area contributed by atoms with Crippen LogP contribution in [0.25, 0.3) is 0 Å². The van der Waals surface area contributed by atoms with Crippen molar-refractivity contribution < 1.29 is 14.7 Å². The Balaban J connectivity index is 1.72. The number of hydrogen-bond donors (Lipinski definition) is 2. The van der Waals surface area contributed by atoms with Crippen LogP contribution in [0, 0.1) is 8.99 Å². The molecular formula is C14H16INO3S. The maximum atomic E-state index is 11.8. The molecule has 1 aliphatic rings. The van der Waals surface area contributed by atoms with Gasteiger partial charge in [-0.05, 0) is 64.8 Å². The minimum atomic E-state index is -0.744. The number of thioether (sulfide) groups is 1. The topological polar surface area (TPSA) is 66.4 Å². The number of carbonyl (C=O) groups excluding carboxylic acids is 1. The molecule has 6 heteroatoms. The average molecular weight is 405 g/mol. The third-order valence-corrected chi connectivity index (χ3v) is 5.19. The molecule has 0 saturated heterocycles. The lowest BCUT2D eigenvalue weighted by molar-refractivity contribution is -0.138. The first-order valence-electron chi connectivity index (χ1n) is 6.34. The molecule has 20 heavy (non-hydrogen) atoms. The van der Waals surface area contributed by atoms with Gasteiger partial charge in [-0.25, -0.2) is 0 Å². The van der Waals surface area contributed by atoms with Gasteiger partial charge in [0.15, 0.2) is 0 Å². The van der Waals surface area contributed by atoms with Crippen molar-refractivity contribution in [2.45, 2.75) is 19.3 Å². The van der Waals surface area contributed by atoms with Crippen molar-refractivity contribution in [2.24, 2.45) is 5.41 Å². The maximum absolute atomic E-state index is 11.8. The average Bonchev–Trinajstić information content (AvgIpc) is 3.07. The highest BCUT2D eigenvalue weighted by Crippen LogP contribution is 2.50. The maximum Gasteiger partial charge on any atom is 0.303 e. The third kappa shape index (κ3) is 4.97. The SMILES string of the molecule is O=C(O)CC1(CSCC(=O)Nc2cccc(I)c2)CC1. The first kappa shape index (κ1) is 15.6. The highest BCUT2D eigenvalue weighted by molar-refractivity contribution is 14.1. The number of halogens is 1. The van der Waals surface area contributed by atoms with Gasteiger partial charge in [-0.2, -0.15) is 11.8 Å². The normalized spacial score (nSPS) is 15.7. The van der Waals surface area contributed by atoms with Gasteiger partial charge in [-0.15, -0.1) is 0 Å². The van der Waals surface area contributed by atoms with Gasteiger partial charge < -0.3 is 10.4 Å². The Morgan fingerprint density at radius 1 is 1.40 bits per heavy atom. The van der Waals surface area contributed by atoms with Crippen molar-refractivity contribution in [1.82, 2.24) is 0 Å². The summed E-state index contributed by atoms with van der Waals surface area (Å²) in [6, 6.07) is 7.64. The van der Waals surface area contributed by atoms with Crippen molar-refractivity contribution >= 4 is 51.9 Å². The Kier molecular flexibility index (Phi) is 5.31. The lowest BCUT2D eigenvalue weighted by atomic mass is 10.1. The first-order valence-corrected chi connectivity index (χ1v) is 8.57. The molecule has 1 aromatic carbocycles. The van der Waals surface area contributed by atoms with Crippen LogP contribution in [0.15, 0.2) is 24.3 Å². The van der Waals surface area contributed by atoms with Gasteiger partial charge in [0.1, 0.15) is 0 Å². The van der Waals surface area contributed by atoms with Crippen molar-refractivity contribution in [3.63, 3.8) is 0 Å². The van der Waals surface area contributed by atoms with Crippen LogP contribution in [-0.4, -0.2) is 28.5 Å². The largest absolute Gasteiger partial charge is 0.481 e. The summed E-state index contributed by atoms with van der Waals surface area (Å²) in [4.78, 5) is 22.5. The van der Waals surface area contributed by atoms with Gasteiger partial charge in [0.05, 0.1) is 12.2 Å². The Bertz CT molecular complexity index is 517. The Morgan fingerprint density at radius 3 is 2.75 bits per heavy atom. The van der Waals surface area contributed by atoms with Crippen LogP contribution < -0.4 is 5.32 Å². The predicted molar refractivity (Wildman–Crippen MR) is 89.0 cm³/mol. The number of hydrogen-bond acceptors (Lipinski definition) is 3. The molecule has 0 heterocycles. The number of amides is 1. The molecule has 0 bridgehead atoms. The van der Waals surface area contributed by atoms with Crippen LogP contribution in [0.5, 0.6) is 0 Å². The standard InChI is InChI=1S/C14H16INO3S/c15-10-2-1-3-11(6-10)16-12(17)8-20-9-14(4-5-14)7-13(18)19/h1-3,6H,4-5,7-9H2,(H,16,17)(H,18,19). The summed E-state index contributed by atoms with van der Waals surface area (Å²) in [5, 5.41) is 11.7. The minimum Gasteiger partial charge on any atom is -0.481 e. The van der Waals surface area contributed by atoms with Crippen LogP contribution in [-0.2, 0) is 9.59 Å². The predicted octanol–water partition coefficient (Wildman–Crippen LogP) is 3.22. The lowest BCUT2D eigenvalue weighted by Crippen LogP contribution is -2.17. The van der Waals surface area contributed by atoms with E-state index >= 15 is 0 Å². The third-order valence-electron chi connectivity index (χ3n) is 3.23. The van der Waals surface area contributed by atoms with Crippen LogP contribution in [0.4, 0.5) is 5.69 Å². The van der Waals surface area contributed by atoms with E-state index in [4.69, 9.17) is 5.11 Å². The Morgan fingerprint density at radius 2 is 2.15 bits per heavy atom. The molecule has 0 atom stereocenters. The monoisotopic (exact) mass is 405 g/mol. The summed E-state index contributed by atoms with van der Waals surface area (Å²) in [5.41, 5.74) is 0.744. The molecule has 1 aliphatic carbocycles. The molecule has 0 aliphatic heterocycles. The van der Waals surface area contributed by atoms with E-state index in [2.05, 4.69) is 27.9 Å². The molecule has 0 unspecified atom stereocenters. The molecule has 1 amide bonds. The Labute approximate surface area is 135 Å². The smallest absolute Gasteiger partial charge is 0.303 e. The number of anilines is 1. The molecule has 0 spiro atoms. The summed E-state index contributed by atoms with van der Waals surface area (Å²) in [6.07, 6.45) is 2.15. The first-order chi connectivity index (χ1) is 9.49. The van der Waals surface area contributed by atoms with Crippen LogP contribution in [0.3, 0.4) is 0 Å². The van der Waals surface area contributed by atoms with E-state index in [1.54, 1.807) is 0 Å². The molecule has 1 aromatic rings. The zero-order valence-electron chi connectivity index (χ0n) is 10.9. The lowest BCUT2D eigenvalue weighted by Gasteiger charge is -2.11. The summed E-state index contributed by atoms with van der Waals surface area (Å²) in [5.74, 6) is 0.334. The van der Waals surface area contributed by atoms with Gasteiger partial charge >= 0.3 is 5.97 Å². The van der Waals surface area contributed by atoms with Crippen molar-refractivity contribution in [2.75, 3.05) is 16.8 Å². The van der Waals surface area contributed by atoms with Gasteiger partial charge in [0.2, 0.25) is 5.91 Å². The fourth-order valence-electron chi connectivity index (χ4n) is 1.99. The molecule has 4 nitrogen and oxygen atoms in total. The Hall–Kier alpha value is -0.760. The second-order valence-electron chi connectivity index (χ2n) is 5.12. The number of rotatable bonds is 7. The van der Waals surface area contributed by atoms with Crippen molar-refractivity contribution in [3.05, 3.63) is 27.8 Å². The van der Waals surface area contributed by atoms with E-state index in [9.17, 15) is 9.59 Å². The fraction of sp³-hybridized carbons (Fsp3) is 0.429. The van der Waals surface area contributed by atoms with E-state index in [-0.39, 0.29) is 17.7 Å². The fourth-order valence-corrected chi connectivity index (χ4v) is 3.72. The van der Waals surface area contributed by atoms with Gasteiger partial charge in [-0.1, -0.05) is 6.07 Å². The van der Waals surface area contributed by atoms with Crippen LogP contribution in [0.2, 0.25) is 0 Å². The highest BCUT2D eigenvalue weighted by atomic mass is 127. The van der Waals surface area contributed by atoms with Crippen molar-refractivity contribution in [1.29, 1.82) is 0 Å². The molecule has 108 valence electrons. The zero-order chi connectivity index (χ0) is 14.6. The number of carboxylic acid groups (broad SMARTS) is 1. The molecule has 0 aromatic heterocycles. The molecule has 1 fully saturated rings. The van der Waals surface area contributed by atoms with Crippen LogP contribution in [0.1, 0.15) is 19.3 Å². The molecule has 0 radical (unpaired) electrons. The highest BCUT2D eigenvalue weighted by Gasteiger charge is 2.44. The van der Waals surface area contributed by atoms with Gasteiger partial charge in [0.25, 0.3) is 0 Å². The second kappa shape index (κ2) is 6.80. The number of carbonyl (C=O) groups is 2. The molecule has 2 N–H and O–H groups in total. The number of aliphatic carboxylic acids is 1. The van der Waals surface area contributed by atoms with Gasteiger partial charge in [-0.3, -0.25) is 9.59 Å². The quantitative estimate of drug-likeness (QED) is 0.684. The number of nitrogens with one attached hydrogen (secondary N) is 1. The minimum absolute atomic E-state index is 0.0388. The van der Waals surface area contributed by atoms with E-state index in [1.165, 1.54) is 11.8 Å². The molecule has 2 rings (SSSR count). The molecule has 1 saturated carbocycles. The van der Waals surface area contributed by atoms with E-state index in [0.717, 1.165) is 27.9 Å². The van der Waals surface area contributed by atoms with Gasteiger partial charge in [0, 0.05) is 9.26 Å². The van der Waals surface area contributed by atoms with E-state index in [0.29, 0.717) is 5.75 Å². The number of carboxylic acids is 1. The second-order valence-corrected chi connectivity index (χ2v) is 7.35. The summed E-state index contributed by atoms with van der Waals surface area (Å²) in [7, 11) is 0. The van der Waals surface area contributed by atoms with Crippen LogP contribution >= 0.6 is 34.4 Å². The zero-order valence-corrected chi connectivity index (χ0v) is 13.9. The summed E-state index contributed by atoms with van der Waals surface area (Å²) in [6.45, 7) is 0. The van der Waals surface area contributed by atoms with E-state index < -0.39 is 5.97 Å². The molecular weight excluding hydrogens is 389 g/mol. The summed E-state index contributed by atoms with van der Waals surface area (Å²) < 4.78 is 1.08. The summed E-state index contributed by atoms with van der Waals surface area (Å²) >= 11 is 3.72. The van der Waals surface area contributed by atoms with Crippen molar-refractivity contribution in [3.8, 4) is 0 Å². The van der Waals surface area contributed by atoms with E-state index in [1.807, 2.05) is 24.3 Å².